The van der Waals surface area contributed by atoms with E-state index in [0.29, 0.717) is 11.0 Å². The van der Waals surface area contributed by atoms with E-state index >= 15 is 0 Å². The smallest absolute Gasteiger partial charge is 0.142 e. The second-order valence-electron chi connectivity index (χ2n) is 1.94. The maximum absolute atomic E-state index is 6.73. The lowest BCUT2D eigenvalue weighted by Crippen LogP contribution is -2.39. The zero-order chi connectivity index (χ0) is 9.14. The molecule has 0 heterocycles. The first-order valence-corrected chi connectivity index (χ1v) is 2.95. The Morgan fingerprint density at radius 2 is 1.75 bits per heavy atom. The molecular formula is C4H8N8. The van der Waals surface area contributed by atoms with Gasteiger partial charge in [0, 0.05) is 0 Å². The molecule has 0 atom stereocenters. The van der Waals surface area contributed by atoms with Gasteiger partial charge in [-0.25, -0.2) is 5.53 Å². The molecule has 0 aliphatic heterocycles. The number of hydrogen-bond donors (Lipinski definition) is 5. The Labute approximate surface area is 66.9 Å². The van der Waals surface area contributed by atoms with Crippen LogP contribution in [0.4, 0.5) is 11.4 Å². The van der Waals surface area contributed by atoms with Crippen molar-refractivity contribution in [3.8, 4) is 0 Å². The third kappa shape index (κ3) is 0.820. The summed E-state index contributed by atoms with van der Waals surface area (Å²) < 4.78 is 0. The first-order valence-electron chi connectivity index (χ1n) is 2.95. The molecule has 0 aromatic heterocycles. The summed E-state index contributed by atoms with van der Waals surface area (Å²) in [6.45, 7) is 0. The number of nitrogen functional groups attached to an aromatic ring is 1. The minimum atomic E-state index is 0.254. The fraction of sp³-hybridized carbons (Fsp3) is 0. The highest BCUT2D eigenvalue weighted by Gasteiger charge is 2.15. The maximum Gasteiger partial charge on any atom is 0.142 e. The molecule has 8 N–H and O–H groups in total. The molecule has 1 rings (SSSR count). The fourth-order valence-corrected chi connectivity index (χ4v) is 0.892. The molecule has 1 aromatic carbocycles. The Kier molecular flexibility index (Phi) is 2.01. The molecule has 0 amide bonds. The maximum atomic E-state index is 6.73. The molecule has 12 heavy (non-hydrogen) atoms. The Bertz CT molecular complexity index is 380. The van der Waals surface area contributed by atoms with Gasteiger partial charge in [-0.2, -0.15) is 15.3 Å². The Balaban J connectivity index is 3.43. The monoisotopic (exact) mass is 168 g/mol. The van der Waals surface area contributed by atoms with Crippen LogP contribution in [0.25, 0.3) is 0 Å². The van der Waals surface area contributed by atoms with Gasteiger partial charge in [-0.3, -0.25) is 5.84 Å². The lowest BCUT2D eigenvalue weighted by atomic mass is 10.2. The van der Waals surface area contributed by atoms with Crippen LogP contribution in [0.3, 0.4) is 0 Å². The first kappa shape index (κ1) is 8.14. The summed E-state index contributed by atoms with van der Waals surface area (Å²) >= 11 is 0. The summed E-state index contributed by atoms with van der Waals surface area (Å²) in [5, 5.41) is 10.4. The molecule has 0 saturated heterocycles. The summed E-state index contributed by atoms with van der Waals surface area (Å²) in [6.07, 6.45) is 0. The fourth-order valence-electron chi connectivity index (χ4n) is 0.892. The molecule has 0 fully saturated rings. The van der Waals surface area contributed by atoms with Crippen LogP contribution in [0, 0.1) is 5.53 Å². The van der Waals surface area contributed by atoms with E-state index in [2.05, 4.69) is 20.7 Å². The minimum absolute atomic E-state index is 0.254. The number of nitrogens with one attached hydrogen (secondary N) is 2. The molecule has 0 saturated carbocycles. The van der Waals surface area contributed by atoms with Crippen molar-refractivity contribution in [3.63, 3.8) is 0 Å². The van der Waals surface area contributed by atoms with Crippen LogP contribution >= 0.6 is 0 Å². The van der Waals surface area contributed by atoms with Gasteiger partial charge >= 0.3 is 0 Å². The number of nitrogens with two attached hydrogens (primary N) is 3. The number of anilines is 1. The summed E-state index contributed by atoms with van der Waals surface area (Å²) in [5.41, 5.74) is 9.64. The zero-order valence-electron chi connectivity index (χ0n) is 6.07. The van der Waals surface area contributed by atoms with Crippen molar-refractivity contribution in [3.05, 3.63) is 10.7 Å². The standard InChI is InChI=1S/C4H8N8/c5-9-1-2(10-6)4(12-8)3(1)11-7/h5,10H,6-8H2/b9-5?,11-3+,12-4-. The second-order valence-corrected chi connectivity index (χ2v) is 1.94. The van der Waals surface area contributed by atoms with Gasteiger partial charge in [0.15, 0.2) is 0 Å². The third-order valence-corrected chi connectivity index (χ3v) is 1.44. The molecule has 1 aromatic rings. The summed E-state index contributed by atoms with van der Waals surface area (Å²) in [4.78, 5) is 0. The van der Waals surface area contributed by atoms with Crippen molar-refractivity contribution in [1.29, 1.82) is 5.53 Å². The summed E-state index contributed by atoms with van der Waals surface area (Å²) in [6, 6.07) is 0. The number of rotatable bonds is 2. The van der Waals surface area contributed by atoms with Crippen LogP contribution in [0.5, 0.6) is 0 Å². The third-order valence-electron chi connectivity index (χ3n) is 1.44. The topological polar surface area (TPSA) is 151 Å². The van der Waals surface area contributed by atoms with Crippen molar-refractivity contribution in [2.24, 2.45) is 32.8 Å². The highest BCUT2D eigenvalue weighted by Crippen LogP contribution is 2.15. The average Bonchev–Trinajstić information content (AvgIpc) is 2.05. The van der Waals surface area contributed by atoms with Crippen LogP contribution in [0.2, 0.25) is 0 Å². The quantitative estimate of drug-likeness (QED) is 0.198. The van der Waals surface area contributed by atoms with Crippen LogP contribution in [-0.2, 0) is 0 Å². The predicted octanol–water partition coefficient (Wildman–Crippen LogP) is -1.94. The molecule has 0 spiro atoms. The minimum Gasteiger partial charge on any atom is -0.323 e. The van der Waals surface area contributed by atoms with Gasteiger partial charge in [0.2, 0.25) is 0 Å². The van der Waals surface area contributed by atoms with Crippen molar-refractivity contribution in [2.45, 2.75) is 0 Å². The SMILES string of the molecule is N=Nc1c(NN)c(=N/N)/c1=N/N. The molecule has 8 nitrogen and oxygen atoms in total. The lowest BCUT2D eigenvalue weighted by Gasteiger charge is -2.07. The van der Waals surface area contributed by atoms with E-state index in [0.717, 1.165) is 0 Å². The second kappa shape index (κ2) is 2.96. The van der Waals surface area contributed by atoms with Crippen LogP contribution < -0.4 is 33.7 Å². The predicted molar refractivity (Wildman–Crippen MR) is 40.9 cm³/mol. The molecule has 0 radical (unpaired) electrons. The molecule has 64 valence electrons. The van der Waals surface area contributed by atoms with E-state index in [1.54, 1.807) is 0 Å². The van der Waals surface area contributed by atoms with Gasteiger partial charge in [0.25, 0.3) is 0 Å². The van der Waals surface area contributed by atoms with Crippen LogP contribution in [0.15, 0.2) is 15.3 Å². The molecule has 8 heteroatoms. The highest BCUT2D eigenvalue weighted by atomic mass is 15.3. The summed E-state index contributed by atoms with van der Waals surface area (Å²) in [5.74, 6) is 15.1. The van der Waals surface area contributed by atoms with E-state index in [1.165, 1.54) is 0 Å². The Morgan fingerprint density at radius 1 is 1.17 bits per heavy atom. The number of hydrogen-bond acceptors (Lipinski definition) is 8. The van der Waals surface area contributed by atoms with Crippen LogP contribution in [-0.4, -0.2) is 0 Å². The number of nitrogens with zero attached hydrogens (tertiary/aromatic N) is 3. The van der Waals surface area contributed by atoms with Gasteiger partial charge in [-0.15, -0.1) is 0 Å². The molecule has 0 unspecified atom stereocenters. The van der Waals surface area contributed by atoms with Crippen LogP contribution in [0.1, 0.15) is 0 Å². The lowest BCUT2D eigenvalue weighted by molar-refractivity contribution is 0.992. The van der Waals surface area contributed by atoms with Crippen molar-refractivity contribution < 1.29 is 0 Å². The molecule has 0 bridgehead atoms. The van der Waals surface area contributed by atoms with Crippen molar-refractivity contribution >= 4 is 11.4 Å². The van der Waals surface area contributed by atoms with Gasteiger partial charge in [0.1, 0.15) is 22.1 Å². The average molecular weight is 168 g/mol. The van der Waals surface area contributed by atoms with E-state index in [4.69, 9.17) is 23.1 Å². The van der Waals surface area contributed by atoms with Gasteiger partial charge in [-0.1, -0.05) is 0 Å². The Hall–Kier alpha value is -1.96. The largest absolute Gasteiger partial charge is 0.323 e. The molecule has 0 aliphatic carbocycles. The zero-order valence-corrected chi connectivity index (χ0v) is 6.07. The first-order chi connectivity index (χ1) is 5.79. The van der Waals surface area contributed by atoms with E-state index in [9.17, 15) is 0 Å². The molecular weight excluding hydrogens is 160 g/mol. The normalized spacial score (nSPS) is 13.8. The van der Waals surface area contributed by atoms with Crippen molar-refractivity contribution in [2.75, 3.05) is 5.43 Å². The van der Waals surface area contributed by atoms with Gasteiger partial charge in [-0.05, 0) is 0 Å². The van der Waals surface area contributed by atoms with Gasteiger partial charge in [0.05, 0.1) is 0 Å². The van der Waals surface area contributed by atoms with Gasteiger partial charge < -0.3 is 17.1 Å². The van der Waals surface area contributed by atoms with E-state index in [-0.39, 0.29) is 11.0 Å². The summed E-state index contributed by atoms with van der Waals surface area (Å²) in [7, 11) is 0. The van der Waals surface area contributed by atoms with E-state index in [1.807, 2.05) is 0 Å². The highest BCUT2D eigenvalue weighted by molar-refractivity contribution is 5.68. The molecule has 0 aliphatic rings. The van der Waals surface area contributed by atoms with Crippen molar-refractivity contribution in [1.82, 2.24) is 0 Å². The number of hydrazine groups is 1. The Morgan fingerprint density at radius 3 is 2.08 bits per heavy atom. The van der Waals surface area contributed by atoms with E-state index < -0.39 is 0 Å².